The Morgan fingerprint density at radius 3 is 2.44 bits per heavy atom. The number of hydrogen-bond donors (Lipinski definition) is 2. The first-order valence-electron chi connectivity index (χ1n) is 5.03. The van der Waals surface area contributed by atoms with E-state index in [-0.39, 0.29) is 5.69 Å². The average Bonchev–Trinajstić information content (AvgIpc) is 2.26. The number of anilines is 1. The molecule has 7 heteroatoms. The highest BCUT2D eigenvalue weighted by atomic mass is 32.2. The number of hydrogen-bond acceptors (Lipinski definition) is 4. The Morgan fingerprint density at radius 1 is 1.33 bits per heavy atom. The number of alkyl halides is 3. The van der Waals surface area contributed by atoms with Gasteiger partial charge in [-0.2, -0.15) is 13.2 Å². The van der Waals surface area contributed by atoms with E-state index < -0.39 is 17.3 Å². The minimum Gasteiger partial charge on any atom is -0.398 e. The quantitative estimate of drug-likeness (QED) is 0.505. The van der Waals surface area contributed by atoms with Crippen LogP contribution in [-0.4, -0.2) is 11.8 Å². The molecule has 0 heterocycles. The molecule has 0 unspecified atom stereocenters. The number of halogens is 3. The van der Waals surface area contributed by atoms with Crippen LogP contribution in [0.2, 0.25) is 0 Å². The van der Waals surface area contributed by atoms with Gasteiger partial charge in [-0.25, -0.2) is 4.72 Å². The van der Waals surface area contributed by atoms with Gasteiger partial charge in [0.25, 0.3) is 0 Å². The predicted molar refractivity (Wildman–Crippen MR) is 65.0 cm³/mol. The fourth-order valence-corrected chi connectivity index (χ4v) is 1.80. The van der Waals surface area contributed by atoms with Gasteiger partial charge in [0.05, 0.1) is 11.1 Å². The molecule has 0 radical (unpaired) electrons. The molecular weight excluding hydrogens is 265 g/mol. The van der Waals surface area contributed by atoms with E-state index in [2.05, 4.69) is 4.72 Å². The smallest absolute Gasteiger partial charge is 0.398 e. The number of carbonyl (C=O) groups is 1. The summed E-state index contributed by atoms with van der Waals surface area (Å²) in [6, 6.07) is 3.61. The summed E-state index contributed by atoms with van der Waals surface area (Å²) in [5.41, 5.74) is 3.27. The van der Waals surface area contributed by atoms with Gasteiger partial charge in [-0.3, -0.25) is 0 Å². The number of nitrogens with one attached hydrogen (secondary N) is 1. The van der Waals surface area contributed by atoms with Crippen molar-refractivity contribution in [2.75, 3.05) is 5.73 Å². The van der Waals surface area contributed by atoms with Crippen LogP contribution in [0.15, 0.2) is 23.1 Å². The molecule has 0 aliphatic heterocycles. The van der Waals surface area contributed by atoms with Crippen LogP contribution in [0.4, 0.5) is 18.9 Å². The summed E-state index contributed by atoms with van der Waals surface area (Å²) in [6.45, 7) is 3.24. The molecule has 3 nitrogen and oxygen atoms in total. The molecule has 0 saturated carbocycles. The molecule has 0 aliphatic carbocycles. The number of carbonyl (C=O) groups excluding carboxylic acids is 1. The SMILES string of the molecule is CC(C)(C=O)NSc1ccc(N)c(C(F)(F)F)c1. The van der Waals surface area contributed by atoms with Crippen molar-refractivity contribution < 1.29 is 18.0 Å². The average molecular weight is 278 g/mol. The van der Waals surface area contributed by atoms with Crippen molar-refractivity contribution in [3.8, 4) is 0 Å². The lowest BCUT2D eigenvalue weighted by Gasteiger charge is -2.18. The highest BCUT2D eigenvalue weighted by Gasteiger charge is 2.33. The zero-order chi connectivity index (χ0) is 14.0. The zero-order valence-corrected chi connectivity index (χ0v) is 10.7. The monoisotopic (exact) mass is 278 g/mol. The second-order valence-corrected chi connectivity index (χ2v) is 5.17. The second-order valence-electron chi connectivity index (χ2n) is 4.29. The van der Waals surface area contributed by atoms with Crippen molar-refractivity contribution >= 4 is 23.9 Å². The number of benzene rings is 1. The first-order valence-corrected chi connectivity index (χ1v) is 5.84. The number of nitrogen functional groups attached to an aromatic ring is 1. The summed E-state index contributed by atoms with van der Waals surface area (Å²) in [5, 5.41) is 0. The standard InChI is InChI=1S/C11H13F3N2OS/c1-10(2,6-17)16-18-7-3-4-9(15)8(5-7)11(12,13)14/h3-6,16H,15H2,1-2H3. The van der Waals surface area contributed by atoms with Gasteiger partial charge < -0.3 is 10.5 Å². The summed E-state index contributed by atoms with van der Waals surface area (Å²) in [7, 11) is 0. The lowest BCUT2D eigenvalue weighted by atomic mass is 10.1. The first kappa shape index (κ1) is 14.8. The van der Waals surface area contributed by atoms with E-state index in [1.54, 1.807) is 13.8 Å². The Morgan fingerprint density at radius 2 is 1.94 bits per heavy atom. The highest BCUT2D eigenvalue weighted by Crippen LogP contribution is 2.35. The third-order valence-corrected chi connectivity index (χ3v) is 3.17. The zero-order valence-electron chi connectivity index (χ0n) is 9.84. The first-order chi connectivity index (χ1) is 8.15. The van der Waals surface area contributed by atoms with Crippen molar-refractivity contribution in [3.05, 3.63) is 23.8 Å². The minimum atomic E-state index is -4.49. The van der Waals surface area contributed by atoms with Crippen LogP contribution >= 0.6 is 11.9 Å². The molecule has 0 atom stereocenters. The van der Waals surface area contributed by atoms with Crippen molar-refractivity contribution in [1.29, 1.82) is 0 Å². The topological polar surface area (TPSA) is 55.1 Å². The minimum absolute atomic E-state index is 0.318. The predicted octanol–water partition coefficient (Wildman–Crippen LogP) is 2.86. The van der Waals surface area contributed by atoms with Crippen LogP contribution in [0, 0.1) is 0 Å². The van der Waals surface area contributed by atoms with E-state index in [0.29, 0.717) is 11.2 Å². The Hall–Kier alpha value is -1.21. The molecule has 0 fully saturated rings. The van der Waals surface area contributed by atoms with Gasteiger partial charge in [0.1, 0.15) is 6.29 Å². The van der Waals surface area contributed by atoms with E-state index >= 15 is 0 Å². The lowest BCUT2D eigenvalue weighted by molar-refractivity contribution is -0.137. The molecule has 1 rings (SSSR count). The van der Waals surface area contributed by atoms with Gasteiger partial charge >= 0.3 is 6.18 Å². The largest absolute Gasteiger partial charge is 0.418 e. The van der Waals surface area contributed by atoms with Gasteiger partial charge in [0.2, 0.25) is 0 Å². The van der Waals surface area contributed by atoms with E-state index in [9.17, 15) is 18.0 Å². The van der Waals surface area contributed by atoms with Crippen LogP contribution in [0.25, 0.3) is 0 Å². The second kappa shape index (κ2) is 5.19. The molecule has 3 N–H and O–H groups in total. The summed E-state index contributed by atoms with van der Waals surface area (Å²) in [4.78, 5) is 11.0. The van der Waals surface area contributed by atoms with E-state index in [4.69, 9.17) is 5.73 Å². The van der Waals surface area contributed by atoms with Crippen molar-refractivity contribution in [2.24, 2.45) is 0 Å². The molecule has 18 heavy (non-hydrogen) atoms. The van der Waals surface area contributed by atoms with Crippen LogP contribution in [0.5, 0.6) is 0 Å². The van der Waals surface area contributed by atoms with Gasteiger partial charge in [-0.15, -0.1) is 0 Å². The summed E-state index contributed by atoms with van der Waals surface area (Å²) >= 11 is 0.954. The molecular formula is C11H13F3N2OS. The lowest BCUT2D eigenvalue weighted by Crippen LogP contribution is -2.35. The van der Waals surface area contributed by atoms with Crippen LogP contribution in [0.1, 0.15) is 19.4 Å². The van der Waals surface area contributed by atoms with Crippen molar-refractivity contribution in [3.63, 3.8) is 0 Å². The Kier molecular flexibility index (Phi) is 4.28. The van der Waals surface area contributed by atoms with Crippen molar-refractivity contribution in [2.45, 2.75) is 30.5 Å². The molecule has 0 spiro atoms. The summed E-state index contributed by atoms with van der Waals surface area (Å²) < 4.78 is 40.6. The van der Waals surface area contributed by atoms with Gasteiger partial charge in [0, 0.05) is 10.6 Å². The molecule has 100 valence electrons. The maximum atomic E-state index is 12.6. The van der Waals surface area contributed by atoms with E-state index in [1.165, 1.54) is 12.1 Å². The molecule has 0 saturated heterocycles. The highest BCUT2D eigenvalue weighted by molar-refractivity contribution is 7.97. The number of aldehydes is 1. The van der Waals surface area contributed by atoms with Crippen LogP contribution in [0.3, 0.4) is 0 Å². The molecule has 1 aromatic rings. The number of nitrogens with two attached hydrogens (primary N) is 1. The molecule has 0 amide bonds. The maximum absolute atomic E-state index is 12.6. The molecule has 0 aromatic heterocycles. The van der Waals surface area contributed by atoms with Gasteiger partial charge in [-0.1, -0.05) is 0 Å². The molecule has 0 aliphatic rings. The summed E-state index contributed by atoms with van der Waals surface area (Å²) in [5.74, 6) is 0. The Bertz CT molecular complexity index is 446. The van der Waals surface area contributed by atoms with Gasteiger partial charge in [-0.05, 0) is 44.0 Å². The van der Waals surface area contributed by atoms with Crippen LogP contribution in [-0.2, 0) is 11.0 Å². The van der Waals surface area contributed by atoms with E-state index in [0.717, 1.165) is 18.0 Å². The number of rotatable bonds is 4. The third kappa shape index (κ3) is 3.92. The summed E-state index contributed by atoms with van der Waals surface area (Å²) in [6.07, 6.45) is -3.80. The Labute approximate surface area is 107 Å². The third-order valence-electron chi connectivity index (χ3n) is 2.06. The van der Waals surface area contributed by atoms with Gasteiger partial charge in [0.15, 0.2) is 0 Å². The molecule has 1 aromatic carbocycles. The fourth-order valence-electron chi connectivity index (χ4n) is 1.06. The molecule has 0 bridgehead atoms. The maximum Gasteiger partial charge on any atom is 0.418 e. The fraction of sp³-hybridized carbons (Fsp3) is 0.364. The van der Waals surface area contributed by atoms with E-state index in [1.807, 2.05) is 0 Å². The normalized spacial score (nSPS) is 12.5. The van der Waals surface area contributed by atoms with Crippen molar-refractivity contribution in [1.82, 2.24) is 4.72 Å². The van der Waals surface area contributed by atoms with Crippen LogP contribution < -0.4 is 10.5 Å². The Balaban J connectivity index is 2.90.